The van der Waals surface area contributed by atoms with E-state index in [2.05, 4.69) is 56.5 Å². The average molecular weight is 380 g/mol. The van der Waals surface area contributed by atoms with E-state index < -0.39 is 6.10 Å². The largest absolute Gasteiger partial charge is 0.486 e. The third-order valence-corrected chi connectivity index (χ3v) is 5.39. The topological polar surface area (TPSA) is 32.7 Å². The zero-order chi connectivity index (χ0) is 20.1. The Kier molecular flexibility index (Phi) is 6.46. The summed E-state index contributed by atoms with van der Waals surface area (Å²) in [5.41, 5.74) is 4.16. The second-order valence-corrected chi connectivity index (χ2v) is 8.67. The van der Waals surface area contributed by atoms with Gasteiger partial charge in [0.2, 0.25) is 0 Å². The van der Waals surface area contributed by atoms with E-state index in [1.54, 1.807) is 6.08 Å². The fourth-order valence-corrected chi connectivity index (χ4v) is 3.75. The van der Waals surface area contributed by atoms with Gasteiger partial charge in [0.25, 0.3) is 0 Å². The van der Waals surface area contributed by atoms with Crippen LogP contribution in [0.2, 0.25) is 0 Å². The summed E-state index contributed by atoms with van der Waals surface area (Å²) in [5, 5.41) is 10.5. The Morgan fingerprint density at radius 1 is 1.11 bits per heavy atom. The smallest absolute Gasteiger partial charge is 0.146 e. The summed E-state index contributed by atoms with van der Waals surface area (Å²) in [5.74, 6) is 0.943. The molecule has 0 bridgehead atoms. The van der Waals surface area contributed by atoms with Crippen LogP contribution in [-0.4, -0.2) is 18.2 Å². The number of nitrogens with zero attached hydrogens (tertiary/aromatic N) is 1. The molecule has 3 rings (SSSR count). The minimum Gasteiger partial charge on any atom is -0.486 e. The maximum atomic E-state index is 10.5. The van der Waals surface area contributed by atoms with E-state index in [1.165, 1.54) is 19.3 Å². The summed E-state index contributed by atoms with van der Waals surface area (Å²) in [6, 6.07) is 14.5. The fraction of sp³-hybridized carbons (Fsp3) is 0.440. The zero-order valence-electron chi connectivity index (χ0n) is 17.4. The molecule has 28 heavy (non-hydrogen) atoms. The number of ether oxygens (including phenoxy) is 1. The van der Waals surface area contributed by atoms with Crippen LogP contribution in [0.1, 0.15) is 62.8 Å². The number of anilines is 1. The van der Waals surface area contributed by atoms with Gasteiger partial charge in [0, 0.05) is 18.7 Å². The predicted molar refractivity (Wildman–Crippen MR) is 117 cm³/mol. The lowest BCUT2D eigenvalue weighted by atomic mass is 9.84. The molecule has 1 aliphatic rings. The van der Waals surface area contributed by atoms with Crippen molar-refractivity contribution in [3.63, 3.8) is 0 Å². The van der Waals surface area contributed by atoms with Gasteiger partial charge in [0.05, 0.1) is 11.8 Å². The molecule has 3 heteroatoms. The molecule has 150 valence electrons. The van der Waals surface area contributed by atoms with Crippen LogP contribution in [-0.2, 0) is 12.0 Å². The second-order valence-electron chi connectivity index (χ2n) is 8.67. The number of benzene rings is 2. The highest BCUT2D eigenvalue weighted by molar-refractivity contribution is 5.66. The van der Waals surface area contributed by atoms with Crippen LogP contribution >= 0.6 is 0 Å². The van der Waals surface area contributed by atoms with Gasteiger partial charge in [-0.05, 0) is 47.9 Å². The molecular formula is C25H33NO2. The maximum absolute atomic E-state index is 10.5. The third kappa shape index (κ3) is 4.77. The molecule has 2 aromatic rings. The number of hydrogen-bond acceptors (Lipinski definition) is 3. The SMILES string of the molecule is C=CC(O)c1cc(N2CCCCC2)c(OCc2ccccc2)c(C(C)(C)C)c1. The standard InChI is InChI=1S/C25H33NO2/c1-5-23(27)20-16-21(25(2,3)4)24(28-18-19-12-8-6-9-13-19)22(17-20)26-14-10-7-11-15-26/h5-6,8-9,12-13,16-17,23,27H,1,7,10-11,14-15,18H2,2-4H3. The Bertz CT molecular complexity index is 786. The van der Waals surface area contributed by atoms with Gasteiger partial charge in [-0.1, -0.05) is 57.2 Å². The van der Waals surface area contributed by atoms with Crippen molar-refractivity contribution in [2.24, 2.45) is 0 Å². The molecule has 1 fully saturated rings. The lowest BCUT2D eigenvalue weighted by molar-refractivity contribution is 0.228. The Balaban J connectivity index is 2.07. The van der Waals surface area contributed by atoms with E-state index in [0.717, 1.165) is 41.2 Å². The van der Waals surface area contributed by atoms with E-state index in [1.807, 2.05) is 18.2 Å². The first-order valence-electron chi connectivity index (χ1n) is 10.3. The molecular weight excluding hydrogens is 346 g/mol. The van der Waals surface area contributed by atoms with Gasteiger partial charge in [0.1, 0.15) is 12.4 Å². The van der Waals surface area contributed by atoms with Crippen molar-refractivity contribution in [1.82, 2.24) is 0 Å². The van der Waals surface area contributed by atoms with Crippen LogP contribution < -0.4 is 9.64 Å². The van der Waals surface area contributed by atoms with E-state index in [9.17, 15) is 5.11 Å². The van der Waals surface area contributed by atoms with Gasteiger partial charge in [0.15, 0.2) is 0 Å². The van der Waals surface area contributed by atoms with Gasteiger partial charge in [-0.25, -0.2) is 0 Å². The molecule has 2 aromatic carbocycles. The second kappa shape index (κ2) is 8.83. The van der Waals surface area contributed by atoms with Crippen molar-refractivity contribution in [2.75, 3.05) is 18.0 Å². The van der Waals surface area contributed by atoms with Crippen LogP contribution in [0.5, 0.6) is 5.75 Å². The highest BCUT2D eigenvalue weighted by atomic mass is 16.5. The third-order valence-electron chi connectivity index (χ3n) is 5.39. The number of hydrogen-bond donors (Lipinski definition) is 1. The van der Waals surface area contributed by atoms with Crippen molar-refractivity contribution in [1.29, 1.82) is 0 Å². The highest BCUT2D eigenvalue weighted by Gasteiger charge is 2.27. The number of rotatable bonds is 6. The molecule has 0 spiro atoms. The molecule has 0 saturated carbocycles. The molecule has 0 radical (unpaired) electrons. The van der Waals surface area contributed by atoms with Gasteiger partial charge >= 0.3 is 0 Å². The summed E-state index contributed by atoms with van der Waals surface area (Å²) in [6.45, 7) is 13.0. The van der Waals surface area contributed by atoms with Crippen molar-refractivity contribution < 1.29 is 9.84 Å². The first-order valence-corrected chi connectivity index (χ1v) is 10.3. The van der Waals surface area contributed by atoms with Crippen molar-refractivity contribution >= 4 is 5.69 Å². The molecule has 1 atom stereocenters. The lowest BCUT2D eigenvalue weighted by Crippen LogP contribution is -2.30. The van der Waals surface area contributed by atoms with Gasteiger partial charge < -0.3 is 14.7 Å². The van der Waals surface area contributed by atoms with E-state index in [0.29, 0.717) is 6.61 Å². The van der Waals surface area contributed by atoms with Gasteiger partial charge in [-0.15, -0.1) is 6.58 Å². The zero-order valence-corrected chi connectivity index (χ0v) is 17.4. The summed E-state index contributed by atoms with van der Waals surface area (Å²) < 4.78 is 6.45. The Morgan fingerprint density at radius 3 is 2.39 bits per heavy atom. The van der Waals surface area contributed by atoms with Crippen LogP contribution in [0.3, 0.4) is 0 Å². The minimum atomic E-state index is -0.673. The Hall–Kier alpha value is -2.26. The van der Waals surface area contributed by atoms with Crippen LogP contribution in [0.4, 0.5) is 5.69 Å². The molecule has 1 unspecified atom stereocenters. The van der Waals surface area contributed by atoms with E-state index in [-0.39, 0.29) is 5.41 Å². The first-order chi connectivity index (χ1) is 13.4. The lowest BCUT2D eigenvalue weighted by Gasteiger charge is -2.34. The molecule has 1 saturated heterocycles. The quantitative estimate of drug-likeness (QED) is 0.647. The maximum Gasteiger partial charge on any atom is 0.146 e. The van der Waals surface area contributed by atoms with Crippen LogP contribution in [0.15, 0.2) is 55.1 Å². The predicted octanol–water partition coefficient (Wildman–Crippen LogP) is 5.77. The molecule has 3 nitrogen and oxygen atoms in total. The van der Waals surface area contributed by atoms with Crippen molar-refractivity contribution in [3.05, 3.63) is 71.8 Å². The van der Waals surface area contributed by atoms with E-state index >= 15 is 0 Å². The fourth-order valence-electron chi connectivity index (χ4n) is 3.75. The Morgan fingerprint density at radius 2 is 1.79 bits per heavy atom. The van der Waals surface area contributed by atoms with E-state index in [4.69, 9.17) is 4.74 Å². The molecule has 0 aromatic heterocycles. The number of piperidine rings is 1. The molecule has 1 aliphatic heterocycles. The molecule has 1 heterocycles. The van der Waals surface area contributed by atoms with Crippen molar-refractivity contribution in [3.8, 4) is 5.75 Å². The summed E-state index contributed by atoms with van der Waals surface area (Å²) in [4.78, 5) is 2.42. The minimum absolute atomic E-state index is 0.104. The monoisotopic (exact) mass is 379 g/mol. The van der Waals surface area contributed by atoms with Crippen molar-refractivity contribution in [2.45, 2.75) is 58.2 Å². The summed E-state index contributed by atoms with van der Waals surface area (Å²) in [6.07, 6.45) is 4.58. The highest BCUT2D eigenvalue weighted by Crippen LogP contribution is 2.42. The normalized spacial score (nSPS) is 15.9. The number of aliphatic hydroxyl groups excluding tert-OH is 1. The van der Waals surface area contributed by atoms with Gasteiger partial charge in [-0.3, -0.25) is 0 Å². The first kappa shape index (κ1) is 20.5. The molecule has 0 aliphatic carbocycles. The number of aliphatic hydroxyl groups is 1. The summed E-state index contributed by atoms with van der Waals surface area (Å²) >= 11 is 0. The average Bonchev–Trinajstić information content (AvgIpc) is 2.71. The van der Waals surface area contributed by atoms with Gasteiger partial charge in [-0.2, -0.15) is 0 Å². The molecule has 0 amide bonds. The van der Waals surface area contributed by atoms with Crippen LogP contribution in [0, 0.1) is 0 Å². The summed E-state index contributed by atoms with van der Waals surface area (Å²) in [7, 11) is 0. The Labute approximate surface area is 169 Å². The molecule has 1 N–H and O–H groups in total. The van der Waals surface area contributed by atoms with Crippen LogP contribution in [0.25, 0.3) is 0 Å².